The second kappa shape index (κ2) is 2.86. The molecule has 0 aliphatic rings. The van der Waals surface area contributed by atoms with Crippen LogP contribution in [-0.4, -0.2) is 9.97 Å². The SMILES string of the molecule is Cc1nc(C(C)C)cc(=O)[nH]1. The van der Waals surface area contributed by atoms with Crippen LogP contribution in [0.1, 0.15) is 31.3 Å². The Labute approximate surface area is 65.5 Å². The first kappa shape index (κ1) is 7.98. The highest BCUT2D eigenvalue weighted by molar-refractivity contribution is 5.05. The topological polar surface area (TPSA) is 45.8 Å². The van der Waals surface area contributed by atoms with Crippen LogP contribution in [0.3, 0.4) is 0 Å². The first-order valence-corrected chi connectivity index (χ1v) is 3.67. The van der Waals surface area contributed by atoms with E-state index < -0.39 is 0 Å². The molecule has 1 N–H and O–H groups in total. The van der Waals surface area contributed by atoms with Crippen molar-refractivity contribution >= 4 is 0 Å². The number of nitrogens with one attached hydrogen (secondary N) is 1. The molecule has 60 valence electrons. The largest absolute Gasteiger partial charge is 0.311 e. The highest BCUT2D eigenvalue weighted by Crippen LogP contribution is 2.07. The third-order valence-corrected chi connectivity index (χ3v) is 1.47. The molecule has 0 atom stereocenters. The average molecular weight is 152 g/mol. The van der Waals surface area contributed by atoms with Crippen molar-refractivity contribution < 1.29 is 0 Å². The normalized spacial score (nSPS) is 10.5. The molecule has 0 amide bonds. The number of aryl methyl sites for hydroxylation is 1. The molecule has 0 radical (unpaired) electrons. The average Bonchev–Trinajstić information content (AvgIpc) is 1.85. The highest BCUT2D eigenvalue weighted by atomic mass is 16.1. The molecule has 1 heterocycles. The molecule has 1 aromatic rings. The molecule has 3 nitrogen and oxygen atoms in total. The Morgan fingerprint density at radius 1 is 1.55 bits per heavy atom. The smallest absolute Gasteiger partial charge is 0.251 e. The van der Waals surface area contributed by atoms with Gasteiger partial charge in [-0.25, -0.2) is 4.98 Å². The number of H-pyrrole nitrogens is 1. The van der Waals surface area contributed by atoms with E-state index in [1.54, 1.807) is 6.92 Å². The van der Waals surface area contributed by atoms with Crippen LogP contribution in [0, 0.1) is 6.92 Å². The van der Waals surface area contributed by atoms with Crippen molar-refractivity contribution in [3.63, 3.8) is 0 Å². The fraction of sp³-hybridized carbons (Fsp3) is 0.500. The fourth-order valence-corrected chi connectivity index (χ4v) is 0.898. The van der Waals surface area contributed by atoms with E-state index in [4.69, 9.17) is 0 Å². The van der Waals surface area contributed by atoms with Crippen molar-refractivity contribution in [2.24, 2.45) is 0 Å². The summed E-state index contributed by atoms with van der Waals surface area (Å²) in [6.45, 7) is 5.82. The van der Waals surface area contributed by atoms with Gasteiger partial charge < -0.3 is 4.98 Å². The second-order valence-electron chi connectivity index (χ2n) is 2.91. The zero-order valence-corrected chi connectivity index (χ0v) is 7.01. The number of nitrogens with zero attached hydrogens (tertiary/aromatic N) is 1. The fourth-order valence-electron chi connectivity index (χ4n) is 0.898. The van der Waals surface area contributed by atoms with Gasteiger partial charge in [0.05, 0.1) is 5.69 Å². The van der Waals surface area contributed by atoms with Gasteiger partial charge >= 0.3 is 0 Å². The van der Waals surface area contributed by atoms with Gasteiger partial charge in [0.15, 0.2) is 0 Å². The van der Waals surface area contributed by atoms with E-state index in [0.29, 0.717) is 11.7 Å². The zero-order valence-electron chi connectivity index (χ0n) is 7.01. The first-order chi connectivity index (χ1) is 5.09. The van der Waals surface area contributed by atoms with E-state index in [1.807, 2.05) is 13.8 Å². The van der Waals surface area contributed by atoms with Crippen LogP contribution in [0.15, 0.2) is 10.9 Å². The molecule has 1 rings (SSSR count). The maximum atomic E-state index is 10.9. The summed E-state index contributed by atoms with van der Waals surface area (Å²) < 4.78 is 0. The van der Waals surface area contributed by atoms with Gasteiger partial charge in [0.2, 0.25) is 0 Å². The quantitative estimate of drug-likeness (QED) is 0.657. The van der Waals surface area contributed by atoms with Crippen LogP contribution in [0.2, 0.25) is 0 Å². The second-order valence-corrected chi connectivity index (χ2v) is 2.91. The predicted molar refractivity (Wildman–Crippen MR) is 43.7 cm³/mol. The van der Waals surface area contributed by atoms with Crippen molar-refractivity contribution in [3.05, 3.63) is 27.9 Å². The number of aromatic amines is 1. The Morgan fingerprint density at radius 3 is 2.64 bits per heavy atom. The lowest BCUT2D eigenvalue weighted by Gasteiger charge is -2.02. The first-order valence-electron chi connectivity index (χ1n) is 3.67. The van der Waals surface area contributed by atoms with Crippen LogP contribution in [0.25, 0.3) is 0 Å². The van der Waals surface area contributed by atoms with Crippen molar-refractivity contribution in [1.82, 2.24) is 9.97 Å². The molecule has 3 heteroatoms. The third-order valence-electron chi connectivity index (χ3n) is 1.47. The van der Waals surface area contributed by atoms with Crippen molar-refractivity contribution in [3.8, 4) is 0 Å². The molecule has 11 heavy (non-hydrogen) atoms. The van der Waals surface area contributed by atoms with Gasteiger partial charge in [0.25, 0.3) is 5.56 Å². The zero-order chi connectivity index (χ0) is 8.43. The minimum absolute atomic E-state index is 0.0683. The third kappa shape index (κ3) is 1.90. The molecule has 0 fully saturated rings. The van der Waals surface area contributed by atoms with E-state index >= 15 is 0 Å². The monoisotopic (exact) mass is 152 g/mol. The molecule has 0 saturated carbocycles. The number of aromatic nitrogens is 2. The summed E-state index contributed by atoms with van der Waals surface area (Å²) in [6, 6.07) is 1.54. The Hall–Kier alpha value is -1.12. The molecule has 0 unspecified atom stereocenters. The van der Waals surface area contributed by atoms with Crippen LogP contribution < -0.4 is 5.56 Å². The van der Waals surface area contributed by atoms with Gasteiger partial charge in [0, 0.05) is 6.07 Å². The van der Waals surface area contributed by atoms with Crippen LogP contribution in [0.4, 0.5) is 0 Å². The van der Waals surface area contributed by atoms with Crippen molar-refractivity contribution in [2.75, 3.05) is 0 Å². The Balaban J connectivity index is 3.19. The maximum absolute atomic E-state index is 10.9. The maximum Gasteiger partial charge on any atom is 0.251 e. The number of hydrogen-bond donors (Lipinski definition) is 1. The molecule has 0 saturated heterocycles. The highest BCUT2D eigenvalue weighted by Gasteiger charge is 2.01. The van der Waals surface area contributed by atoms with Crippen LogP contribution >= 0.6 is 0 Å². The molecule has 0 aliphatic carbocycles. The van der Waals surface area contributed by atoms with Gasteiger partial charge in [-0.3, -0.25) is 4.79 Å². The van der Waals surface area contributed by atoms with Crippen LogP contribution in [0.5, 0.6) is 0 Å². The van der Waals surface area contributed by atoms with Crippen molar-refractivity contribution in [2.45, 2.75) is 26.7 Å². The van der Waals surface area contributed by atoms with E-state index in [-0.39, 0.29) is 5.56 Å². The summed E-state index contributed by atoms with van der Waals surface area (Å²) in [5.41, 5.74) is 0.785. The van der Waals surface area contributed by atoms with E-state index in [9.17, 15) is 4.79 Å². The molecule has 1 aromatic heterocycles. The lowest BCUT2D eigenvalue weighted by molar-refractivity contribution is 0.795. The summed E-state index contributed by atoms with van der Waals surface area (Å²) >= 11 is 0. The van der Waals surface area contributed by atoms with Gasteiger partial charge in [-0.1, -0.05) is 13.8 Å². The molecular formula is C8H12N2O. The summed E-state index contributed by atoms with van der Waals surface area (Å²) in [7, 11) is 0. The standard InChI is InChI=1S/C8H12N2O/c1-5(2)7-4-8(11)10-6(3)9-7/h4-5H,1-3H3,(H,9,10,11). The van der Waals surface area contributed by atoms with Gasteiger partial charge in [-0.15, -0.1) is 0 Å². The Bertz CT molecular complexity index is 301. The van der Waals surface area contributed by atoms with E-state index in [2.05, 4.69) is 9.97 Å². The van der Waals surface area contributed by atoms with Gasteiger partial charge in [-0.05, 0) is 12.8 Å². The van der Waals surface area contributed by atoms with Gasteiger partial charge in [-0.2, -0.15) is 0 Å². The van der Waals surface area contributed by atoms with Crippen molar-refractivity contribution in [1.29, 1.82) is 0 Å². The lowest BCUT2D eigenvalue weighted by atomic mass is 10.1. The summed E-state index contributed by atoms with van der Waals surface area (Å²) in [4.78, 5) is 17.7. The summed E-state index contributed by atoms with van der Waals surface area (Å²) in [6.07, 6.45) is 0. The molecular weight excluding hydrogens is 140 g/mol. The molecule has 0 spiro atoms. The molecule has 0 aromatic carbocycles. The van der Waals surface area contributed by atoms with E-state index in [1.165, 1.54) is 6.07 Å². The summed E-state index contributed by atoms with van der Waals surface area (Å²) in [5.74, 6) is 0.997. The minimum Gasteiger partial charge on any atom is -0.311 e. The summed E-state index contributed by atoms with van der Waals surface area (Å²) in [5, 5.41) is 0. The van der Waals surface area contributed by atoms with Gasteiger partial charge in [0.1, 0.15) is 5.82 Å². The Kier molecular flexibility index (Phi) is 2.08. The molecule has 0 aliphatic heterocycles. The lowest BCUT2D eigenvalue weighted by Crippen LogP contribution is -2.11. The van der Waals surface area contributed by atoms with E-state index in [0.717, 1.165) is 5.69 Å². The predicted octanol–water partition coefficient (Wildman–Crippen LogP) is 1.20. The number of rotatable bonds is 1. The Morgan fingerprint density at radius 2 is 2.18 bits per heavy atom. The minimum atomic E-state index is -0.0683. The molecule has 0 bridgehead atoms. The van der Waals surface area contributed by atoms with Crippen LogP contribution in [-0.2, 0) is 0 Å². The number of hydrogen-bond acceptors (Lipinski definition) is 2.